The van der Waals surface area contributed by atoms with Gasteiger partial charge < -0.3 is 24.6 Å². The number of esters is 1. The van der Waals surface area contributed by atoms with Crippen molar-refractivity contribution in [2.75, 3.05) is 53.0 Å². The zero-order valence-corrected chi connectivity index (χ0v) is 16.5. The van der Waals surface area contributed by atoms with Crippen molar-refractivity contribution in [1.82, 2.24) is 15.1 Å². The first-order valence-corrected chi connectivity index (χ1v) is 9.97. The van der Waals surface area contributed by atoms with Crippen molar-refractivity contribution in [2.24, 2.45) is 5.92 Å². The highest BCUT2D eigenvalue weighted by Crippen LogP contribution is 2.19. The van der Waals surface area contributed by atoms with E-state index in [4.69, 9.17) is 9.47 Å². The van der Waals surface area contributed by atoms with Gasteiger partial charge in [-0.15, -0.1) is 0 Å². The van der Waals surface area contributed by atoms with Crippen molar-refractivity contribution >= 4 is 11.9 Å². The van der Waals surface area contributed by atoms with Gasteiger partial charge in [0.25, 0.3) is 0 Å². The molecule has 0 aromatic rings. The molecule has 0 saturated carbocycles. The van der Waals surface area contributed by atoms with E-state index in [-0.39, 0.29) is 23.8 Å². The van der Waals surface area contributed by atoms with Crippen LogP contribution >= 0.6 is 0 Å². The number of carbonyl (C=O) groups excluding carboxylic acids is 2. The summed E-state index contributed by atoms with van der Waals surface area (Å²) in [6, 6.07) is 0.217. The predicted octanol–water partition coefficient (Wildman–Crippen LogP) is 0.877. The van der Waals surface area contributed by atoms with Crippen LogP contribution in [-0.4, -0.2) is 86.8 Å². The van der Waals surface area contributed by atoms with Crippen LogP contribution in [0.5, 0.6) is 0 Å². The van der Waals surface area contributed by atoms with Crippen molar-refractivity contribution in [2.45, 2.75) is 51.6 Å². The Bertz CT molecular complexity index is 444. The Morgan fingerprint density at radius 1 is 1.12 bits per heavy atom. The van der Waals surface area contributed by atoms with Gasteiger partial charge in [0.2, 0.25) is 5.91 Å². The molecule has 0 spiro atoms. The number of likely N-dealkylation sites (tertiary alicyclic amines) is 2. The molecular weight excluding hydrogens is 334 g/mol. The zero-order chi connectivity index (χ0) is 18.9. The number of nitrogens with one attached hydrogen (secondary N) is 1. The van der Waals surface area contributed by atoms with Crippen LogP contribution in [0, 0.1) is 5.92 Å². The number of methoxy groups -OCH3 is 1. The molecule has 7 nitrogen and oxygen atoms in total. The van der Waals surface area contributed by atoms with Gasteiger partial charge in [-0.2, -0.15) is 0 Å². The second kappa shape index (κ2) is 10.8. The molecule has 2 fully saturated rings. The van der Waals surface area contributed by atoms with Crippen LogP contribution < -0.4 is 5.32 Å². The average Bonchev–Trinajstić information content (AvgIpc) is 2.67. The largest absolute Gasteiger partial charge is 0.466 e. The lowest BCUT2D eigenvalue weighted by atomic mass is 9.96. The third-order valence-corrected chi connectivity index (χ3v) is 5.48. The Morgan fingerprint density at radius 3 is 2.35 bits per heavy atom. The van der Waals surface area contributed by atoms with Crippen LogP contribution in [0.2, 0.25) is 0 Å². The molecular formula is C19H35N3O4. The fraction of sp³-hybridized carbons (Fsp3) is 0.895. The van der Waals surface area contributed by atoms with Gasteiger partial charge >= 0.3 is 5.97 Å². The third kappa shape index (κ3) is 6.21. The smallest absolute Gasteiger partial charge is 0.309 e. The van der Waals surface area contributed by atoms with Gasteiger partial charge in [-0.05, 0) is 52.6 Å². The van der Waals surface area contributed by atoms with Crippen LogP contribution in [0.4, 0.5) is 0 Å². The summed E-state index contributed by atoms with van der Waals surface area (Å²) in [4.78, 5) is 28.8. The first-order valence-electron chi connectivity index (χ1n) is 9.97. The fourth-order valence-corrected chi connectivity index (χ4v) is 3.84. The molecule has 0 bridgehead atoms. The van der Waals surface area contributed by atoms with E-state index in [1.807, 2.05) is 18.7 Å². The van der Waals surface area contributed by atoms with Crippen molar-refractivity contribution in [3.8, 4) is 0 Å². The summed E-state index contributed by atoms with van der Waals surface area (Å²) in [5, 5.41) is 3.51. The maximum absolute atomic E-state index is 12.7. The fourth-order valence-electron chi connectivity index (χ4n) is 3.84. The molecule has 1 atom stereocenters. The van der Waals surface area contributed by atoms with E-state index in [0.717, 1.165) is 39.1 Å². The van der Waals surface area contributed by atoms with Gasteiger partial charge in [0.05, 0.1) is 25.2 Å². The van der Waals surface area contributed by atoms with Gasteiger partial charge in [0.15, 0.2) is 0 Å². The number of nitrogens with zero attached hydrogens (tertiary/aromatic N) is 2. The van der Waals surface area contributed by atoms with Crippen LogP contribution in [0.1, 0.15) is 39.5 Å². The minimum Gasteiger partial charge on any atom is -0.466 e. The normalized spacial score (nSPS) is 21.6. The Hall–Kier alpha value is -1.18. The van der Waals surface area contributed by atoms with Crippen molar-refractivity contribution in [3.05, 3.63) is 0 Å². The molecule has 1 amide bonds. The minimum absolute atomic E-state index is 0.0568. The Kier molecular flexibility index (Phi) is 8.81. The quantitative estimate of drug-likeness (QED) is 0.641. The first kappa shape index (κ1) is 21.1. The number of amides is 1. The molecule has 2 rings (SSSR count). The van der Waals surface area contributed by atoms with Gasteiger partial charge in [-0.1, -0.05) is 0 Å². The average molecular weight is 370 g/mol. The molecule has 7 heteroatoms. The van der Waals surface area contributed by atoms with Crippen LogP contribution in [0.3, 0.4) is 0 Å². The molecule has 0 radical (unpaired) electrons. The van der Waals surface area contributed by atoms with E-state index >= 15 is 0 Å². The molecule has 0 unspecified atom stereocenters. The zero-order valence-electron chi connectivity index (χ0n) is 16.5. The number of piperidine rings is 2. The standard InChI is InChI=1S/C19H35N3O4/c1-4-26-19(24)16-5-11-22(12-6-16)18(23)15(2)20-17-7-9-21(10-8-17)13-14-25-3/h15-17,20H,4-14H2,1-3H3/t15-/m0/s1. The molecule has 0 aromatic carbocycles. The predicted molar refractivity (Wildman–Crippen MR) is 99.9 cm³/mol. The summed E-state index contributed by atoms with van der Waals surface area (Å²) in [7, 11) is 1.73. The summed E-state index contributed by atoms with van der Waals surface area (Å²) in [6.07, 6.45) is 3.53. The van der Waals surface area contributed by atoms with E-state index < -0.39 is 0 Å². The molecule has 2 heterocycles. The lowest BCUT2D eigenvalue weighted by molar-refractivity contribution is -0.151. The molecule has 2 aliphatic heterocycles. The van der Waals surface area contributed by atoms with Gasteiger partial charge in [-0.25, -0.2) is 0 Å². The number of hydrogen-bond acceptors (Lipinski definition) is 6. The molecule has 2 saturated heterocycles. The molecule has 0 aliphatic carbocycles. The number of ether oxygens (including phenoxy) is 2. The summed E-state index contributed by atoms with van der Waals surface area (Å²) in [5.74, 6) is -0.0289. The van der Waals surface area contributed by atoms with E-state index in [2.05, 4.69) is 10.2 Å². The summed E-state index contributed by atoms with van der Waals surface area (Å²) in [5.41, 5.74) is 0. The van der Waals surface area contributed by atoms with Crippen molar-refractivity contribution < 1.29 is 19.1 Å². The maximum Gasteiger partial charge on any atom is 0.309 e. The van der Waals surface area contributed by atoms with Crippen LogP contribution in [0.25, 0.3) is 0 Å². The van der Waals surface area contributed by atoms with E-state index in [1.165, 1.54) is 0 Å². The SMILES string of the molecule is CCOC(=O)C1CCN(C(=O)[C@H](C)NC2CCN(CCOC)CC2)CC1. The number of rotatable bonds is 8. The highest BCUT2D eigenvalue weighted by atomic mass is 16.5. The second-order valence-electron chi connectivity index (χ2n) is 7.35. The lowest BCUT2D eigenvalue weighted by Gasteiger charge is -2.36. The van der Waals surface area contributed by atoms with Gasteiger partial charge in [-0.3, -0.25) is 9.59 Å². The van der Waals surface area contributed by atoms with Crippen molar-refractivity contribution in [1.29, 1.82) is 0 Å². The monoisotopic (exact) mass is 369 g/mol. The molecule has 26 heavy (non-hydrogen) atoms. The van der Waals surface area contributed by atoms with E-state index in [0.29, 0.717) is 38.6 Å². The minimum atomic E-state index is -0.176. The lowest BCUT2D eigenvalue weighted by Crippen LogP contribution is -2.53. The Labute approximate surface area is 157 Å². The molecule has 1 N–H and O–H groups in total. The summed E-state index contributed by atoms with van der Waals surface area (Å²) < 4.78 is 10.2. The summed E-state index contributed by atoms with van der Waals surface area (Å²) >= 11 is 0. The highest BCUT2D eigenvalue weighted by molar-refractivity contribution is 5.82. The molecule has 0 aromatic heterocycles. The highest BCUT2D eigenvalue weighted by Gasteiger charge is 2.31. The number of hydrogen-bond donors (Lipinski definition) is 1. The van der Waals surface area contributed by atoms with Crippen LogP contribution in [-0.2, 0) is 19.1 Å². The molecule has 2 aliphatic rings. The van der Waals surface area contributed by atoms with Crippen LogP contribution in [0.15, 0.2) is 0 Å². The second-order valence-corrected chi connectivity index (χ2v) is 7.35. The Morgan fingerprint density at radius 2 is 1.77 bits per heavy atom. The third-order valence-electron chi connectivity index (χ3n) is 5.48. The topological polar surface area (TPSA) is 71.1 Å². The summed E-state index contributed by atoms with van der Waals surface area (Å²) in [6.45, 7) is 9.33. The van der Waals surface area contributed by atoms with E-state index in [1.54, 1.807) is 7.11 Å². The maximum atomic E-state index is 12.7. The number of carbonyl (C=O) groups is 2. The molecule has 150 valence electrons. The van der Waals surface area contributed by atoms with Gasteiger partial charge in [0, 0.05) is 32.8 Å². The first-order chi connectivity index (χ1) is 12.5. The van der Waals surface area contributed by atoms with Gasteiger partial charge in [0.1, 0.15) is 0 Å². The van der Waals surface area contributed by atoms with E-state index in [9.17, 15) is 9.59 Å². The van der Waals surface area contributed by atoms with Crippen molar-refractivity contribution in [3.63, 3.8) is 0 Å². The Balaban J connectivity index is 1.69.